The van der Waals surface area contributed by atoms with E-state index >= 15 is 0 Å². The van der Waals surface area contributed by atoms with Gasteiger partial charge in [0.05, 0.1) is 28.2 Å². The van der Waals surface area contributed by atoms with Crippen molar-refractivity contribution in [2.75, 3.05) is 13.1 Å². The number of ketones is 1. The van der Waals surface area contributed by atoms with E-state index in [9.17, 15) is 27.6 Å². The third-order valence-corrected chi connectivity index (χ3v) is 5.32. The molecule has 0 saturated carbocycles. The third-order valence-electron chi connectivity index (χ3n) is 5.32. The Morgan fingerprint density at radius 2 is 1.77 bits per heavy atom. The summed E-state index contributed by atoms with van der Waals surface area (Å²) in [6.45, 7) is 3.52. The van der Waals surface area contributed by atoms with E-state index in [0.717, 1.165) is 12.1 Å². The summed E-state index contributed by atoms with van der Waals surface area (Å²) in [6, 6.07) is 4.58. The molecule has 0 atom stereocenters. The van der Waals surface area contributed by atoms with E-state index in [-0.39, 0.29) is 41.6 Å². The van der Waals surface area contributed by atoms with Crippen molar-refractivity contribution in [2.24, 2.45) is 11.7 Å². The second kappa shape index (κ2) is 7.92. The highest BCUT2D eigenvalue weighted by Crippen LogP contribution is 2.31. The number of Topliss-reactive ketones (excluding diaryl/α,β-unsaturated/α-hetero) is 1. The zero-order valence-corrected chi connectivity index (χ0v) is 16.5. The molecular weight excluding hydrogens is 401 g/mol. The van der Waals surface area contributed by atoms with Gasteiger partial charge in [0.25, 0.3) is 11.7 Å². The Kier molecular flexibility index (Phi) is 5.69. The van der Waals surface area contributed by atoms with Crippen molar-refractivity contribution in [2.45, 2.75) is 32.9 Å². The number of carbonyl (C=O) groups is 3. The van der Waals surface area contributed by atoms with Gasteiger partial charge in [0.2, 0.25) is 5.91 Å². The lowest BCUT2D eigenvalue weighted by atomic mass is 9.95. The molecule has 0 aliphatic carbocycles. The molecule has 0 bridgehead atoms. The number of carbonyl (C=O) groups excluding carboxylic acids is 3. The van der Waals surface area contributed by atoms with Crippen LogP contribution in [-0.4, -0.2) is 45.4 Å². The minimum Gasteiger partial charge on any atom is -0.369 e. The Hall–Kier alpha value is -3.17. The van der Waals surface area contributed by atoms with Gasteiger partial charge in [-0.05, 0) is 44.9 Å². The number of nitrogens with two attached hydrogens (primary N) is 1. The summed E-state index contributed by atoms with van der Waals surface area (Å²) in [4.78, 5) is 38.2. The number of rotatable bonds is 4. The Balaban J connectivity index is 1.86. The van der Waals surface area contributed by atoms with Crippen LogP contribution in [0.15, 0.2) is 24.3 Å². The summed E-state index contributed by atoms with van der Waals surface area (Å²) in [5.74, 6) is -2.26. The zero-order chi connectivity index (χ0) is 22.2. The highest BCUT2D eigenvalue weighted by Gasteiger charge is 2.33. The predicted molar refractivity (Wildman–Crippen MR) is 101 cm³/mol. The molecule has 7 nitrogen and oxygen atoms in total. The number of halogens is 3. The zero-order valence-electron chi connectivity index (χ0n) is 16.5. The summed E-state index contributed by atoms with van der Waals surface area (Å²) in [5, 5.41) is 4.18. The highest BCUT2D eigenvalue weighted by atomic mass is 19.4. The van der Waals surface area contributed by atoms with E-state index < -0.39 is 29.3 Å². The van der Waals surface area contributed by atoms with Crippen molar-refractivity contribution in [1.82, 2.24) is 14.7 Å². The Labute approximate surface area is 170 Å². The first-order chi connectivity index (χ1) is 14.0. The van der Waals surface area contributed by atoms with Gasteiger partial charge in [-0.15, -0.1) is 0 Å². The molecule has 30 heavy (non-hydrogen) atoms. The van der Waals surface area contributed by atoms with Gasteiger partial charge in [-0.3, -0.25) is 14.4 Å². The fourth-order valence-corrected chi connectivity index (χ4v) is 3.65. The average molecular weight is 422 g/mol. The molecular formula is C20H21F3N4O3. The van der Waals surface area contributed by atoms with Gasteiger partial charge in [-0.1, -0.05) is 6.07 Å². The predicted octanol–water partition coefficient (Wildman–Crippen LogP) is 2.41. The smallest absolute Gasteiger partial charge is 0.369 e. The number of hydrogen-bond acceptors (Lipinski definition) is 4. The monoisotopic (exact) mass is 422 g/mol. The first kappa shape index (κ1) is 21.5. The highest BCUT2D eigenvalue weighted by molar-refractivity contribution is 6.43. The standard InChI is InChI=1S/C20H21F3N4O3/c1-11-16(17(28)19(30)26-8-6-13(7-9-26)18(24)29)12(2)27(25-11)15-5-3-4-14(10-15)20(21,22)23/h3-5,10,13H,6-9H2,1-2H3,(H2,24,29). The van der Waals surface area contributed by atoms with E-state index in [1.807, 2.05) is 0 Å². The van der Waals surface area contributed by atoms with Crippen molar-refractivity contribution < 1.29 is 27.6 Å². The quantitative estimate of drug-likeness (QED) is 0.604. The van der Waals surface area contributed by atoms with E-state index in [1.54, 1.807) is 0 Å². The van der Waals surface area contributed by atoms with E-state index in [4.69, 9.17) is 5.73 Å². The minimum atomic E-state index is -4.52. The molecule has 10 heteroatoms. The van der Waals surface area contributed by atoms with Gasteiger partial charge >= 0.3 is 6.18 Å². The molecule has 1 saturated heterocycles. The molecule has 3 rings (SSSR count). The molecule has 1 fully saturated rings. The lowest BCUT2D eigenvalue weighted by Gasteiger charge is -2.30. The lowest BCUT2D eigenvalue weighted by Crippen LogP contribution is -2.44. The number of amides is 2. The molecule has 1 aliphatic rings. The van der Waals surface area contributed by atoms with Crippen LogP contribution in [0.25, 0.3) is 5.69 Å². The van der Waals surface area contributed by atoms with Crippen molar-refractivity contribution >= 4 is 17.6 Å². The first-order valence-corrected chi connectivity index (χ1v) is 9.37. The normalized spacial score (nSPS) is 15.3. The topological polar surface area (TPSA) is 98.3 Å². The van der Waals surface area contributed by atoms with Crippen molar-refractivity contribution in [3.63, 3.8) is 0 Å². The van der Waals surface area contributed by atoms with Crippen LogP contribution >= 0.6 is 0 Å². The van der Waals surface area contributed by atoms with Crippen molar-refractivity contribution in [3.8, 4) is 5.69 Å². The second-order valence-corrected chi connectivity index (χ2v) is 7.30. The Morgan fingerprint density at radius 1 is 1.13 bits per heavy atom. The molecule has 160 valence electrons. The van der Waals surface area contributed by atoms with Crippen LogP contribution in [0, 0.1) is 19.8 Å². The van der Waals surface area contributed by atoms with Crippen LogP contribution in [0.5, 0.6) is 0 Å². The molecule has 0 spiro atoms. The van der Waals surface area contributed by atoms with E-state index in [0.29, 0.717) is 12.8 Å². The molecule has 0 radical (unpaired) electrons. The maximum atomic E-state index is 13.0. The second-order valence-electron chi connectivity index (χ2n) is 7.30. The van der Waals surface area contributed by atoms with E-state index in [1.165, 1.54) is 35.6 Å². The largest absolute Gasteiger partial charge is 0.416 e. The first-order valence-electron chi connectivity index (χ1n) is 9.37. The summed E-state index contributed by atoms with van der Waals surface area (Å²) in [7, 11) is 0. The van der Waals surface area contributed by atoms with Gasteiger partial charge in [-0.25, -0.2) is 4.68 Å². The van der Waals surface area contributed by atoms with Crippen LogP contribution in [-0.2, 0) is 15.8 Å². The number of hydrogen-bond donors (Lipinski definition) is 1. The summed E-state index contributed by atoms with van der Waals surface area (Å²) in [6.07, 6.45) is -3.75. The number of likely N-dealkylation sites (tertiary alicyclic amines) is 1. The van der Waals surface area contributed by atoms with Crippen LogP contribution in [0.2, 0.25) is 0 Å². The molecule has 0 unspecified atom stereocenters. The summed E-state index contributed by atoms with van der Waals surface area (Å²) >= 11 is 0. The Bertz CT molecular complexity index is 1010. The minimum absolute atomic E-state index is 0.0643. The van der Waals surface area contributed by atoms with Crippen LogP contribution in [0.4, 0.5) is 13.2 Å². The number of aryl methyl sites for hydroxylation is 1. The lowest BCUT2D eigenvalue weighted by molar-refractivity contribution is -0.137. The molecule has 2 heterocycles. The van der Waals surface area contributed by atoms with Gasteiger partial charge in [0, 0.05) is 19.0 Å². The van der Waals surface area contributed by atoms with Crippen LogP contribution in [0.3, 0.4) is 0 Å². The number of benzene rings is 1. The van der Waals surface area contributed by atoms with E-state index in [2.05, 4.69) is 5.10 Å². The molecule has 2 amide bonds. The maximum absolute atomic E-state index is 13.0. The van der Waals surface area contributed by atoms with Gasteiger partial charge in [0.1, 0.15) is 0 Å². The fourth-order valence-electron chi connectivity index (χ4n) is 3.65. The molecule has 2 aromatic rings. The molecule has 1 aliphatic heterocycles. The maximum Gasteiger partial charge on any atom is 0.416 e. The average Bonchev–Trinajstić information content (AvgIpc) is 3.00. The van der Waals surface area contributed by atoms with Gasteiger partial charge in [-0.2, -0.15) is 18.3 Å². The summed E-state index contributed by atoms with van der Waals surface area (Å²) < 4.78 is 40.3. The van der Waals surface area contributed by atoms with Crippen molar-refractivity contribution in [1.29, 1.82) is 0 Å². The van der Waals surface area contributed by atoms with Crippen LogP contribution in [0.1, 0.15) is 40.2 Å². The third kappa shape index (κ3) is 4.07. The Morgan fingerprint density at radius 3 is 2.33 bits per heavy atom. The molecule has 2 N–H and O–H groups in total. The molecule has 1 aromatic carbocycles. The number of nitrogens with zero attached hydrogens (tertiary/aromatic N) is 3. The fraction of sp³-hybridized carbons (Fsp3) is 0.400. The number of alkyl halides is 3. The molecule has 1 aromatic heterocycles. The van der Waals surface area contributed by atoms with Gasteiger partial charge in [0.15, 0.2) is 0 Å². The number of piperidine rings is 1. The number of aromatic nitrogens is 2. The summed E-state index contributed by atoms with van der Waals surface area (Å²) in [5.41, 5.74) is 5.17. The SMILES string of the molecule is Cc1nn(-c2cccc(C(F)(F)F)c2)c(C)c1C(=O)C(=O)N1CCC(C(N)=O)CC1. The van der Waals surface area contributed by atoms with Crippen LogP contribution < -0.4 is 5.73 Å². The van der Waals surface area contributed by atoms with Crippen molar-refractivity contribution in [3.05, 3.63) is 46.8 Å². The number of primary amides is 1. The van der Waals surface area contributed by atoms with Gasteiger partial charge < -0.3 is 10.6 Å².